The van der Waals surface area contributed by atoms with Crippen molar-refractivity contribution in [1.29, 1.82) is 0 Å². The highest BCUT2D eigenvalue weighted by Gasteiger charge is 2.22. The van der Waals surface area contributed by atoms with Gasteiger partial charge in [-0.3, -0.25) is 4.99 Å². The van der Waals surface area contributed by atoms with E-state index < -0.39 is 0 Å². The van der Waals surface area contributed by atoms with Crippen LogP contribution in [0.2, 0.25) is 0 Å². The summed E-state index contributed by atoms with van der Waals surface area (Å²) >= 11 is 0. The molecule has 0 saturated carbocycles. The maximum atomic E-state index is 5.32. The Labute approximate surface area is 389 Å². The Kier molecular flexibility index (Phi) is 10.2. The van der Waals surface area contributed by atoms with Crippen LogP contribution in [0.1, 0.15) is 22.9 Å². The first-order valence-corrected chi connectivity index (χ1v) is 22.7. The van der Waals surface area contributed by atoms with Gasteiger partial charge in [-0.25, -0.2) is 9.97 Å². The average molecular weight is 858 g/mol. The van der Waals surface area contributed by atoms with Gasteiger partial charge >= 0.3 is 0 Å². The Morgan fingerprint density at radius 3 is 1.64 bits per heavy atom. The van der Waals surface area contributed by atoms with Gasteiger partial charge in [0, 0.05) is 38.8 Å². The Bertz CT molecular complexity index is 3580. The lowest BCUT2D eigenvalue weighted by molar-refractivity contribution is 0.664. The van der Waals surface area contributed by atoms with E-state index in [9.17, 15) is 0 Å². The van der Waals surface area contributed by atoms with Gasteiger partial charge in [-0.05, 0) is 99.6 Å². The van der Waals surface area contributed by atoms with E-state index in [1.54, 1.807) is 0 Å². The van der Waals surface area contributed by atoms with E-state index in [1.807, 2.05) is 36.4 Å². The molecule has 5 heteroatoms. The van der Waals surface area contributed by atoms with Crippen LogP contribution in [0.5, 0.6) is 0 Å². The molecule has 0 spiro atoms. The number of aromatic nitrogens is 3. The van der Waals surface area contributed by atoms with Gasteiger partial charge in [-0.1, -0.05) is 188 Å². The molecule has 12 rings (SSSR count). The zero-order valence-electron chi connectivity index (χ0n) is 36.5. The van der Waals surface area contributed by atoms with E-state index in [0.717, 1.165) is 84.0 Å². The molecule has 1 N–H and O–H groups in total. The molecule has 316 valence electrons. The number of rotatable bonds is 9. The van der Waals surface area contributed by atoms with Crippen molar-refractivity contribution >= 4 is 33.2 Å². The first-order valence-electron chi connectivity index (χ1n) is 22.7. The van der Waals surface area contributed by atoms with Crippen molar-refractivity contribution in [2.24, 2.45) is 4.99 Å². The highest BCUT2D eigenvalue weighted by Crippen LogP contribution is 2.38. The first kappa shape index (κ1) is 39.6. The maximum Gasteiger partial charge on any atom is 0.160 e. The molecule has 0 amide bonds. The van der Waals surface area contributed by atoms with Crippen molar-refractivity contribution in [3.63, 3.8) is 0 Å². The predicted octanol–water partition coefficient (Wildman–Crippen LogP) is 15.0. The smallest absolute Gasteiger partial charge is 0.160 e. The molecule has 1 aliphatic heterocycles. The highest BCUT2D eigenvalue weighted by molar-refractivity contribution is 6.13. The van der Waals surface area contributed by atoms with E-state index in [1.165, 1.54) is 21.9 Å². The molecule has 2 aromatic heterocycles. The van der Waals surface area contributed by atoms with Gasteiger partial charge in [-0.15, -0.1) is 0 Å². The molecule has 3 heterocycles. The normalized spacial score (nSPS) is 13.5. The minimum Gasteiger partial charge on any atom is -0.360 e. The van der Waals surface area contributed by atoms with Crippen LogP contribution in [0.25, 0.3) is 89.3 Å². The fraction of sp³-hybridized carbons (Fsp3) is 0.0161. The molecule has 1 unspecified atom stereocenters. The Morgan fingerprint density at radius 1 is 0.358 bits per heavy atom. The second-order valence-corrected chi connectivity index (χ2v) is 16.9. The molecule has 1 atom stereocenters. The minimum atomic E-state index is -0.294. The summed E-state index contributed by atoms with van der Waals surface area (Å²) in [5.41, 5.74) is 17.7. The molecule has 11 aromatic rings. The summed E-state index contributed by atoms with van der Waals surface area (Å²) in [6.07, 6.45) is 1.89. The van der Waals surface area contributed by atoms with Crippen LogP contribution >= 0.6 is 0 Å². The van der Waals surface area contributed by atoms with E-state index in [4.69, 9.17) is 15.0 Å². The summed E-state index contributed by atoms with van der Waals surface area (Å²) in [5.74, 6) is 0.672. The third-order valence-corrected chi connectivity index (χ3v) is 12.6. The Morgan fingerprint density at radius 2 is 0.910 bits per heavy atom. The number of benzene rings is 9. The number of fused-ring (bicyclic) bond motifs is 3. The Hall–Kier alpha value is -8.93. The number of para-hydroxylation sites is 1. The molecule has 9 aromatic carbocycles. The van der Waals surface area contributed by atoms with Crippen LogP contribution in [0.4, 0.5) is 0 Å². The lowest BCUT2D eigenvalue weighted by Gasteiger charge is -2.25. The van der Waals surface area contributed by atoms with Crippen molar-refractivity contribution in [2.45, 2.75) is 6.17 Å². The van der Waals surface area contributed by atoms with Gasteiger partial charge in [0.1, 0.15) is 6.17 Å². The van der Waals surface area contributed by atoms with Crippen molar-refractivity contribution in [3.8, 4) is 61.8 Å². The van der Waals surface area contributed by atoms with E-state index >= 15 is 0 Å². The molecule has 0 aliphatic carbocycles. The van der Waals surface area contributed by atoms with Crippen LogP contribution in [-0.4, -0.2) is 20.2 Å². The van der Waals surface area contributed by atoms with Gasteiger partial charge in [0.15, 0.2) is 5.82 Å². The average Bonchev–Trinajstić information content (AvgIpc) is 3.75. The van der Waals surface area contributed by atoms with Gasteiger partial charge in [0.05, 0.1) is 28.1 Å². The van der Waals surface area contributed by atoms with Crippen molar-refractivity contribution < 1.29 is 0 Å². The summed E-state index contributed by atoms with van der Waals surface area (Å²) in [5, 5.41) is 6.28. The van der Waals surface area contributed by atoms with Crippen molar-refractivity contribution in [1.82, 2.24) is 19.9 Å². The summed E-state index contributed by atoms with van der Waals surface area (Å²) in [4.78, 5) is 15.7. The fourth-order valence-electron chi connectivity index (χ4n) is 9.31. The third kappa shape index (κ3) is 7.79. The zero-order chi connectivity index (χ0) is 44.5. The SMILES string of the molecule is C1=C(c2cc(-c3cccc(-n4c5ccccc5c5cc(-c6ccccc6)ccc54)c3)cc(-c3cc(-c4ccccc4)nc(-c4ccccc4)n3)c2)NC(c2ccccc2)N=C1c1ccccc1. The second-order valence-electron chi connectivity index (χ2n) is 16.9. The monoisotopic (exact) mass is 857 g/mol. The molecule has 67 heavy (non-hydrogen) atoms. The summed E-state index contributed by atoms with van der Waals surface area (Å²) in [6.45, 7) is 0. The number of allylic oxidation sites excluding steroid dienone is 1. The number of hydrogen-bond acceptors (Lipinski definition) is 4. The van der Waals surface area contributed by atoms with E-state index in [0.29, 0.717) is 5.82 Å². The molecule has 0 bridgehead atoms. The van der Waals surface area contributed by atoms with Crippen LogP contribution in [0.3, 0.4) is 0 Å². The number of nitrogens with one attached hydrogen (secondary N) is 1. The van der Waals surface area contributed by atoms with Gasteiger partial charge in [-0.2, -0.15) is 0 Å². The number of aliphatic imine (C=N–C) groups is 1. The zero-order valence-corrected chi connectivity index (χ0v) is 36.5. The lowest BCUT2D eigenvalue weighted by atomic mass is 9.94. The van der Waals surface area contributed by atoms with Crippen LogP contribution in [-0.2, 0) is 0 Å². The van der Waals surface area contributed by atoms with Crippen molar-refractivity contribution in [3.05, 3.63) is 265 Å². The van der Waals surface area contributed by atoms with Gasteiger partial charge < -0.3 is 9.88 Å². The lowest BCUT2D eigenvalue weighted by Crippen LogP contribution is -2.24. The summed E-state index contributed by atoms with van der Waals surface area (Å²) < 4.78 is 2.40. The highest BCUT2D eigenvalue weighted by atomic mass is 15.1. The fourth-order valence-corrected chi connectivity index (χ4v) is 9.31. The second kappa shape index (κ2) is 17.2. The minimum absolute atomic E-state index is 0.294. The summed E-state index contributed by atoms with van der Waals surface area (Å²) in [7, 11) is 0. The van der Waals surface area contributed by atoms with E-state index in [-0.39, 0.29) is 6.17 Å². The topological polar surface area (TPSA) is 55.1 Å². The molecular weight excluding hydrogens is 815 g/mol. The number of nitrogens with zero attached hydrogens (tertiary/aromatic N) is 4. The summed E-state index contributed by atoms with van der Waals surface area (Å²) in [6, 6.07) is 85.5. The largest absolute Gasteiger partial charge is 0.360 e. The molecule has 0 saturated heterocycles. The van der Waals surface area contributed by atoms with Gasteiger partial charge in [0.2, 0.25) is 0 Å². The molecule has 1 aliphatic rings. The predicted molar refractivity (Wildman–Crippen MR) is 277 cm³/mol. The van der Waals surface area contributed by atoms with Crippen LogP contribution < -0.4 is 5.32 Å². The van der Waals surface area contributed by atoms with E-state index in [2.05, 4.69) is 222 Å². The molecule has 0 fully saturated rings. The number of hydrogen-bond donors (Lipinski definition) is 1. The van der Waals surface area contributed by atoms with Crippen LogP contribution in [0.15, 0.2) is 254 Å². The molecule has 5 nitrogen and oxygen atoms in total. The van der Waals surface area contributed by atoms with Gasteiger partial charge in [0.25, 0.3) is 0 Å². The van der Waals surface area contributed by atoms with Crippen LogP contribution in [0, 0.1) is 0 Å². The third-order valence-electron chi connectivity index (χ3n) is 12.6. The first-order chi connectivity index (χ1) is 33.2. The maximum absolute atomic E-state index is 5.32. The molecule has 0 radical (unpaired) electrons. The van der Waals surface area contributed by atoms with Crippen molar-refractivity contribution in [2.75, 3.05) is 0 Å². The standard InChI is InChI=1S/C62H43N5/c1-6-19-42(20-7-1)48-33-34-60-54(39-48)53-31-16-17-32-59(53)67(60)52-30-18-29-47(38-52)49-35-50(57-40-55(43-21-8-2-9-22-43)63-61(65-57)45-25-12-4-13-26-45)37-51(36-49)58-41-56(44-23-10-3-11-24-44)64-62(66-58)46-27-14-5-15-28-46/h1-41,61,65H. The Balaban J connectivity index is 1.05. The quantitative estimate of drug-likeness (QED) is 0.157. The molecular formula is C62H43N5.